The zero-order valence-electron chi connectivity index (χ0n) is 8.85. The topological polar surface area (TPSA) is 9.23 Å². The molecule has 0 aliphatic rings. The fraction of sp³-hybridized carbons (Fsp3) is 0.455. The molecule has 0 aliphatic carbocycles. The number of alkyl halides is 3. The normalized spacial score (nSPS) is 12.7. The van der Waals surface area contributed by atoms with E-state index in [0.717, 1.165) is 0 Å². The molecule has 4 heteroatoms. The molecule has 1 nitrogen and oxygen atoms in total. The fourth-order valence-corrected chi connectivity index (χ4v) is 1.44. The maximum atomic E-state index is 5.78. The smallest absolute Gasteiger partial charge is 0.216 e. The third kappa shape index (κ3) is 4.50. The molecule has 0 amide bonds. The number of benzene rings is 1. The van der Waals surface area contributed by atoms with Crippen molar-refractivity contribution < 1.29 is 4.74 Å². The number of hydrogen-bond donors (Lipinski definition) is 0. The van der Waals surface area contributed by atoms with Gasteiger partial charge < -0.3 is 4.74 Å². The second-order valence-corrected chi connectivity index (χ2v) is 6.52. The van der Waals surface area contributed by atoms with Crippen LogP contribution in [-0.2, 0) is 3.79 Å². The molecule has 15 heavy (non-hydrogen) atoms. The molecule has 0 fully saturated rings. The van der Waals surface area contributed by atoms with E-state index in [-0.39, 0.29) is 5.60 Å². The van der Waals surface area contributed by atoms with Crippen LogP contribution in [0, 0.1) is 0 Å². The van der Waals surface area contributed by atoms with Crippen molar-refractivity contribution in [1.82, 2.24) is 0 Å². The lowest BCUT2D eigenvalue weighted by atomic mass is 10.2. The minimum absolute atomic E-state index is 0.258. The van der Waals surface area contributed by atoms with Crippen LogP contribution in [0.2, 0.25) is 0 Å². The minimum Gasteiger partial charge on any atom is -0.488 e. The van der Waals surface area contributed by atoms with Crippen LogP contribution >= 0.6 is 34.8 Å². The minimum atomic E-state index is -1.41. The first-order valence-electron chi connectivity index (χ1n) is 4.55. The molecule has 0 heterocycles. The summed E-state index contributed by atoms with van der Waals surface area (Å²) in [6.07, 6.45) is 0. The van der Waals surface area contributed by atoms with Crippen molar-refractivity contribution in [2.24, 2.45) is 0 Å². The fourth-order valence-electron chi connectivity index (χ4n) is 1.09. The highest BCUT2D eigenvalue weighted by molar-refractivity contribution is 6.66. The Balaban J connectivity index is 2.94. The number of rotatable bonds is 1. The Labute approximate surface area is 105 Å². The molecule has 84 valence electrons. The summed E-state index contributed by atoms with van der Waals surface area (Å²) in [7, 11) is 0. The van der Waals surface area contributed by atoms with Crippen LogP contribution in [0.3, 0.4) is 0 Å². The van der Waals surface area contributed by atoms with Crippen molar-refractivity contribution in [3.8, 4) is 5.75 Å². The molecule has 0 radical (unpaired) electrons. The Kier molecular flexibility index (Phi) is 3.80. The molecular weight excluding hydrogens is 254 g/mol. The van der Waals surface area contributed by atoms with Crippen LogP contribution in [0.5, 0.6) is 5.75 Å². The van der Waals surface area contributed by atoms with Gasteiger partial charge in [-0.3, -0.25) is 0 Å². The Bertz CT molecular complexity index is 336. The first kappa shape index (κ1) is 13.0. The van der Waals surface area contributed by atoms with E-state index in [9.17, 15) is 0 Å². The van der Waals surface area contributed by atoms with Crippen molar-refractivity contribution in [3.63, 3.8) is 0 Å². The molecular formula is C11H13Cl3O. The van der Waals surface area contributed by atoms with Crippen molar-refractivity contribution >= 4 is 34.8 Å². The van der Waals surface area contributed by atoms with E-state index in [1.54, 1.807) is 18.2 Å². The number of ether oxygens (including phenoxy) is 1. The maximum absolute atomic E-state index is 5.78. The van der Waals surface area contributed by atoms with Gasteiger partial charge in [0.1, 0.15) is 11.4 Å². The van der Waals surface area contributed by atoms with E-state index in [2.05, 4.69) is 0 Å². The quantitative estimate of drug-likeness (QED) is 0.671. The molecule has 1 aromatic rings. The van der Waals surface area contributed by atoms with E-state index in [4.69, 9.17) is 39.5 Å². The zero-order valence-corrected chi connectivity index (χ0v) is 11.1. The van der Waals surface area contributed by atoms with Gasteiger partial charge in [-0.2, -0.15) is 0 Å². The van der Waals surface area contributed by atoms with Gasteiger partial charge in [-0.25, -0.2) is 0 Å². The van der Waals surface area contributed by atoms with Gasteiger partial charge in [0, 0.05) is 5.56 Å². The van der Waals surface area contributed by atoms with Gasteiger partial charge in [-0.1, -0.05) is 46.9 Å². The molecule has 0 saturated heterocycles. The highest BCUT2D eigenvalue weighted by Gasteiger charge is 2.23. The molecule has 1 aromatic carbocycles. The molecule has 0 bridgehead atoms. The average Bonchev–Trinajstić information content (AvgIpc) is 1.99. The number of hydrogen-bond acceptors (Lipinski definition) is 1. The van der Waals surface area contributed by atoms with Crippen LogP contribution in [-0.4, -0.2) is 5.60 Å². The average molecular weight is 268 g/mol. The Morgan fingerprint density at radius 2 is 1.67 bits per heavy atom. The third-order valence-corrected chi connectivity index (χ3v) is 2.24. The van der Waals surface area contributed by atoms with Crippen molar-refractivity contribution in [2.45, 2.75) is 30.2 Å². The van der Waals surface area contributed by atoms with E-state index < -0.39 is 3.79 Å². The van der Waals surface area contributed by atoms with Gasteiger partial charge in [-0.15, -0.1) is 0 Å². The van der Waals surface area contributed by atoms with Gasteiger partial charge in [-0.05, 0) is 32.9 Å². The predicted molar refractivity (Wildman–Crippen MR) is 66.1 cm³/mol. The monoisotopic (exact) mass is 266 g/mol. The largest absolute Gasteiger partial charge is 0.488 e. The lowest BCUT2D eigenvalue weighted by Gasteiger charge is -2.22. The summed E-state index contributed by atoms with van der Waals surface area (Å²) in [5, 5.41) is 0. The van der Waals surface area contributed by atoms with Crippen molar-refractivity contribution in [3.05, 3.63) is 29.8 Å². The van der Waals surface area contributed by atoms with Gasteiger partial charge >= 0.3 is 0 Å². The summed E-state index contributed by atoms with van der Waals surface area (Å²) in [6, 6.07) is 7.13. The highest BCUT2D eigenvalue weighted by atomic mass is 35.6. The maximum Gasteiger partial charge on any atom is 0.216 e. The molecule has 0 unspecified atom stereocenters. The molecule has 0 spiro atoms. The Morgan fingerprint density at radius 3 is 2.13 bits per heavy atom. The Hall–Kier alpha value is -0.110. The summed E-state index contributed by atoms with van der Waals surface area (Å²) in [4.78, 5) is 0. The van der Waals surface area contributed by atoms with Gasteiger partial charge in [0.15, 0.2) is 0 Å². The molecule has 0 saturated carbocycles. The summed E-state index contributed by atoms with van der Waals surface area (Å²) >= 11 is 17.3. The molecule has 1 rings (SSSR count). The SMILES string of the molecule is CC(C)(C)Oc1cccc(C(Cl)(Cl)Cl)c1. The summed E-state index contributed by atoms with van der Waals surface area (Å²) in [5.41, 5.74) is 0.348. The van der Waals surface area contributed by atoms with Crippen LogP contribution in [0.4, 0.5) is 0 Å². The lowest BCUT2D eigenvalue weighted by molar-refractivity contribution is 0.131. The lowest BCUT2D eigenvalue weighted by Crippen LogP contribution is -2.23. The van der Waals surface area contributed by atoms with E-state index in [1.165, 1.54) is 0 Å². The summed E-state index contributed by atoms with van der Waals surface area (Å²) in [6.45, 7) is 5.90. The van der Waals surface area contributed by atoms with E-state index in [1.807, 2.05) is 26.8 Å². The summed E-state index contributed by atoms with van der Waals surface area (Å²) < 4.78 is 4.26. The predicted octanol–water partition coefficient (Wildman–Crippen LogP) is 4.69. The second kappa shape index (κ2) is 4.40. The van der Waals surface area contributed by atoms with E-state index in [0.29, 0.717) is 11.3 Å². The van der Waals surface area contributed by atoms with Crippen molar-refractivity contribution in [1.29, 1.82) is 0 Å². The summed E-state index contributed by atoms with van der Waals surface area (Å²) in [5.74, 6) is 0.700. The van der Waals surface area contributed by atoms with Crippen molar-refractivity contribution in [2.75, 3.05) is 0 Å². The van der Waals surface area contributed by atoms with Crippen LogP contribution < -0.4 is 4.74 Å². The van der Waals surface area contributed by atoms with Gasteiger partial charge in [0.2, 0.25) is 3.79 Å². The van der Waals surface area contributed by atoms with Gasteiger partial charge in [0.05, 0.1) is 0 Å². The zero-order chi connectivity index (χ0) is 11.7. The number of halogens is 3. The standard InChI is InChI=1S/C11H13Cl3O/c1-10(2,3)15-9-6-4-5-8(7-9)11(12,13)14/h4-7H,1-3H3. The third-order valence-electron chi connectivity index (χ3n) is 1.59. The first-order chi connectivity index (χ1) is 6.68. The second-order valence-electron chi connectivity index (χ2n) is 4.24. The van der Waals surface area contributed by atoms with Gasteiger partial charge in [0.25, 0.3) is 0 Å². The first-order valence-corrected chi connectivity index (χ1v) is 5.68. The van der Waals surface area contributed by atoms with Crippen LogP contribution in [0.1, 0.15) is 26.3 Å². The molecule has 0 aliphatic heterocycles. The molecule has 0 atom stereocenters. The van der Waals surface area contributed by atoms with Crippen LogP contribution in [0.15, 0.2) is 24.3 Å². The highest BCUT2D eigenvalue weighted by Crippen LogP contribution is 2.39. The van der Waals surface area contributed by atoms with Crippen LogP contribution in [0.25, 0.3) is 0 Å². The molecule has 0 N–H and O–H groups in total. The molecule has 0 aromatic heterocycles. The van der Waals surface area contributed by atoms with E-state index >= 15 is 0 Å². The Morgan fingerprint density at radius 1 is 1.07 bits per heavy atom.